The minimum Gasteiger partial charge on any atom is -0.399 e. The number of nitrogens with zero attached hydrogens (tertiary/aromatic N) is 1. The highest BCUT2D eigenvalue weighted by molar-refractivity contribution is 7.90. The number of nitrogen functional groups attached to an aromatic ring is 1. The Morgan fingerprint density at radius 2 is 1.90 bits per heavy atom. The van der Waals surface area contributed by atoms with Gasteiger partial charge in [-0.1, -0.05) is 0 Å². The van der Waals surface area contributed by atoms with Gasteiger partial charge in [-0.25, -0.2) is 26.3 Å². The zero-order valence-electron chi connectivity index (χ0n) is 10.9. The molecule has 118 valence electrons. The van der Waals surface area contributed by atoms with Crippen LogP contribution in [0.1, 0.15) is 0 Å². The summed E-state index contributed by atoms with van der Waals surface area (Å²) in [6, 6.07) is 3.10. The molecule has 0 aliphatic heterocycles. The van der Waals surface area contributed by atoms with Crippen LogP contribution in [0.15, 0.2) is 23.1 Å². The van der Waals surface area contributed by atoms with Crippen LogP contribution in [0.25, 0.3) is 0 Å². The van der Waals surface area contributed by atoms with Crippen molar-refractivity contribution >= 4 is 31.4 Å². The van der Waals surface area contributed by atoms with E-state index in [0.29, 0.717) is 0 Å². The van der Waals surface area contributed by atoms with Gasteiger partial charge in [-0.2, -0.15) is 0 Å². The van der Waals surface area contributed by atoms with E-state index in [1.54, 1.807) is 0 Å². The minimum atomic E-state index is -4.22. The van der Waals surface area contributed by atoms with Gasteiger partial charge in [0.2, 0.25) is 20.0 Å². The third-order valence-corrected chi connectivity index (χ3v) is 5.32. The van der Waals surface area contributed by atoms with E-state index in [1.165, 1.54) is 13.1 Å². The Bertz CT molecular complexity index is 744. The molecule has 0 bridgehead atoms. The summed E-state index contributed by atoms with van der Waals surface area (Å²) >= 11 is 0. The molecule has 12 heteroatoms. The van der Waals surface area contributed by atoms with Crippen molar-refractivity contribution in [2.45, 2.75) is 4.90 Å². The summed E-state index contributed by atoms with van der Waals surface area (Å²) in [5, 5.41) is 10.9. The highest BCUT2D eigenvalue weighted by atomic mass is 32.2. The zero-order chi connectivity index (χ0) is 16.3. The van der Waals surface area contributed by atoms with E-state index < -0.39 is 47.9 Å². The van der Waals surface area contributed by atoms with Gasteiger partial charge >= 0.3 is 0 Å². The molecular weight excluding hydrogens is 324 g/mol. The van der Waals surface area contributed by atoms with Crippen molar-refractivity contribution < 1.29 is 21.8 Å². The molecular formula is C9H14N4O6S2. The lowest BCUT2D eigenvalue weighted by atomic mass is 10.3. The maximum atomic E-state index is 12.0. The van der Waals surface area contributed by atoms with Gasteiger partial charge in [0.15, 0.2) is 4.90 Å². The average molecular weight is 338 g/mol. The number of hydrogen-bond donors (Lipinski definition) is 3. The smallest absolute Gasteiger partial charge is 0.291 e. The second-order valence-corrected chi connectivity index (χ2v) is 7.69. The van der Waals surface area contributed by atoms with Crippen LogP contribution in [0.4, 0.5) is 11.4 Å². The molecule has 0 fully saturated rings. The second-order valence-electron chi connectivity index (χ2n) is 3.91. The third-order valence-electron chi connectivity index (χ3n) is 2.44. The topological polar surface area (TPSA) is 162 Å². The first-order valence-corrected chi connectivity index (χ1v) is 8.67. The number of sulfonamides is 2. The molecule has 1 aromatic rings. The number of nitrogens with one attached hydrogen (secondary N) is 2. The number of hydrogen-bond acceptors (Lipinski definition) is 7. The van der Waals surface area contributed by atoms with E-state index in [0.717, 1.165) is 12.1 Å². The maximum absolute atomic E-state index is 12.0. The van der Waals surface area contributed by atoms with Crippen molar-refractivity contribution in [3.8, 4) is 0 Å². The molecule has 0 saturated heterocycles. The summed E-state index contributed by atoms with van der Waals surface area (Å²) in [5.41, 5.74) is 4.74. The van der Waals surface area contributed by atoms with Gasteiger partial charge in [-0.15, -0.1) is 0 Å². The number of anilines is 1. The normalized spacial score (nSPS) is 12.2. The van der Waals surface area contributed by atoms with Gasteiger partial charge < -0.3 is 5.73 Å². The van der Waals surface area contributed by atoms with E-state index in [-0.39, 0.29) is 5.69 Å². The van der Waals surface area contributed by atoms with Crippen molar-refractivity contribution in [2.24, 2.45) is 0 Å². The number of benzene rings is 1. The lowest BCUT2D eigenvalue weighted by Crippen LogP contribution is -2.33. The monoisotopic (exact) mass is 338 g/mol. The van der Waals surface area contributed by atoms with E-state index >= 15 is 0 Å². The van der Waals surface area contributed by atoms with Gasteiger partial charge in [0.1, 0.15) is 0 Å². The summed E-state index contributed by atoms with van der Waals surface area (Å²) < 4.78 is 50.3. The SMILES string of the molecule is CNS(=O)(=O)CCNS(=O)(=O)c1ccc(N)cc1[N+](=O)[O-]. The summed E-state index contributed by atoms with van der Waals surface area (Å²) in [4.78, 5) is 9.39. The standard InChI is InChI=1S/C9H14N4O6S2/c1-11-20(16,17)5-4-12-21(18,19)9-3-2-7(10)6-8(9)13(14)15/h2-3,6,11-12H,4-5,10H2,1H3. The van der Waals surface area contributed by atoms with Crippen molar-refractivity contribution in [3.63, 3.8) is 0 Å². The quantitative estimate of drug-likeness (QED) is 0.326. The summed E-state index contributed by atoms with van der Waals surface area (Å²) in [7, 11) is -6.62. The highest BCUT2D eigenvalue weighted by Gasteiger charge is 2.26. The van der Waals surface area contributed by atoms with Crippen LogP contribution in [-0.4, -0.2) is 41.1 Å². The van der Waals surface area contributed by atoms with E-state index in [9.17, 15) is 26.9 Å². The number of nitro groups is 1. The first-order valence-electron chi connectivity index (χ1n) is 5.54. The molecule has 0 aliphatic rings. The van der Waals surface area contributed by atoms with Crippen LogP contribution in [0.2, 0.25) is 0 Å². The predicted octanol–water partition coefficient (Wildman–Crippen LogP) is -0.995. The van der Waals surface area contributed by atoms with Gasteiger partial charge in [0, 0.05) is 18.3 Å². The number of rotatable bonds is 7. The van der Waals surface area contributed by atoms with Gasteiger partial charge in [-0.05, 0) is 19.2 Å². The van der Waals surface area contributed by atoms with Crippen LogP contribution in [-0.2, 0) is 20.0 Å². The molecule has 0 amide bonds. The van der Waals surface area contributed by atoms with Crippen molar-refractivity contribution in [3.05, 3.63) is 28.3 Å². The van der Waals surface area contributed by atoms with Crippen LogP contribution in [0, 0.1) is 10.1 Å². The van der Waals surface area contributed by atoms with Gasteiger partial charge in [0.25, 0.3) is 5.69 Å². The molecule has 1 aromatic carbocycles. The Balaban J connectivity index is 3.01. The Morgan fingerprint density at radius 1 is 1.29 bits per heavy atom. The molecule has 0 radical (unpaired) electrons. The third kappa shape index (κ3) is 4.63. The molecule has 21 heavy (non-hydrogen) atoms. The fraction of sp³-hybridized carbons (Fsp3) is 0.333. The molecule has 10 nitrogen and oxygen atoms in total. The number of nitro benzene ring substituents is 1. The molecule has 0 aromatic heterocycles. The Labute approximate surface area is 121 Å². The molecule has 0 unspecified atom stereocenters. The van der Waals surface area contributed by atoms with E-state index in [4.69, 9.17) is 5.73 Å². The van der Waals surface area contributed by atoms with Crippen LogP contribution >= 0.6 is 0 Å². The van der Waals surface area contributed by atoms with E-state index in [2.05, 4.69) is 0 Å². The number of nitrogens with two attached hydrogens (primary N) is 1. The predicted molar refractivity (Wildman–Crippen MR) is 75.5 cm³/mol. The van der Waals surface area contributed by atoms with Crippen LogP contribution in [0.5, 0.6) is 0 Å². The molecule has 0 spiro atoms. The Hall–Kier alpha value is -1.76. The second kappa shape index (κ2) is 6.34. The largest absolute Gasteiger partial charge is 0.399 e. The molecule has 4 N–H and O–H groups in total. The average Bonchev–Trinajstić information content (AvgIpc) is 2.37. The fourth-order valence-electron chi connectivity index (χ4n) is 1.39. The van der Waals surface area contributed by atoms with Gasteiger partial charge in [0.05, 0.1) is 10.7 Å². The first kappa shape index (κ1) is 17.3. The van der Waals surface area contributed by atoms with Gasteiger partial charge in [-0.3, -0.25) is 10.1 Å². The fourth-order valence-corrected chi connectivity index (χ4v) is 3.28. The van der Waals surface area contributed by atoms with E-state index in [1.807, 2.05) is 9.44 Å². The first-order chi connectivity index (χ1) is 9.59. The lowest BCUT2D eigenvalue weighted by Gasteiger charge is -2.08. The molecule has 0 atom stereocenters. The zero-order valence-corrected chi connectivity index (χ0v) is 12.6. The maximum Gasteiger partial charge on any atom is 0.291 e. The lowest BCUT2D eigenvalue weighted by molar-refractivity contribution is -0.387. The highest BCUT2D eigenvalue weighted by Crippen LogP contribution is 2.25. The Morgan fingerprint density at radius 3 is 2.43 bits per heavy atom. The van der Waals surface area contributed by atoms with Crippen molar-refractivity contribution in [2.75, 3.05) is 25.1 Å². The minimum absolute atomic E-state index is 0.0402. The summed E-state index contributed by atoms with van der Waals surface area (Å²) in [5.74, 6) is -0.495. The summed E-state index contributed by atoms with van der Waals surface area (Å²) in [6.45, 7) is -0.424. The molecule has 0 heterocycles. The van der Waals surface area contributed by atoms with Crippen LogP contribution < -0.4 is 15.2 Å². The van der Waals surface area contributed by atoms with Crippen molar-refractivity contribution in [1.29, 1.82) is 0 Å². The molecule has 0 saturated carbocycles. The molecule has 1 rings (SSSR count). The van der Waals surface area contributed by atoms with Crippen LogP contribution in [0.3, 0.4) is 0 Å². The molecule has 0 aliphatic carbocycles. The van der Waals surface area contributed by atoms with Crippen molar-refractivity contribution in [1.82, 2.24) is 9.44 Å². The summed E-state index contributed by atoms with van der Waals surface area (Å²) in [6.07, 6.45) is 0. The Kier molecular flexibility index (Phi) is 5.22.